The third-order valence-electron chi connectivity index (χ3n) is 4.19. The minimum Gasteiger partial charge on any atom is -0.328 e. The van der Waals surface area contributed by atoms with Crippen LogP contribution >= 0.6 is 11.3 Å². The first-order chi connectivity index (χ1) is 10.7. The van der Waals surface area contributed by atoms with E-state index in [9.17, 15) is 9.59 Å². The van der Waals surface area contributed by atoms with Crippen molar-refractivity contribution in [3.63, 3.8) is 0 Å². The summed E-state index contributed by atoms with van der Waals surface area (Å²) >= 11 is 1.56. The Morgan fingerprint density at radius 1 is 1.36 bits per heavy atom. The standard InChI is InChI=1S/C15H16N4O2S/c20-12-8-10(17-13(18-12)9-3-4-9)15(21)19-6-1-2-11(19)14-16-5-7-22-14/h5,7-9,11H,1-4,6H2,(H,17,18,20). The van der Waals surface area contributed by atoms with Crippen molar-refractivity contribution in [3.8, 4) is 0 Å². The summed E-state index contributed by atoms with van der Waals surface area (Å²) in [4.78, 5) is 37.9. The summed E-state index contributed by atoms with van der Waals surface area (Å²) in [5.41, 5.74) is 0.0133. The minimum atomic E-state index is -0.245. The van der Waals surface area contributed by atoms with Crippen molar-refractivity contribution in [3.05, 3.63) is 44.5 Å². The lowest BCUT2D eigenvalue weighted by atomic mass is 10.2. The highest BCUT2D eigenvalue weighted by Gasteiger charge is 2.34. The first kappa shape index (κ1) is 13.6. The van der Waals surface area contributed by atoms with Crippen molar-refractivity contribution in [2.75, 3.05) is 6.54 Å². The summed E-state index contributed by atoms with van der Waals surface area (Å²) in [6.07, 6.45) is 5.70. The van der Waals surface area contributed by atoms with Gasteiger partial charge in [-0.3, -0.25) is 9.59 Å². The van der Waals surface area contributed by atoms with Crippen LogP contribution in [0.15, 0.2) is 22.4 Å². The summed E-state index contributed by atoms with van der Waals surface area (Å²) in [7, 11) is 0. The Kier molecular flexibility index (Phi) is 3.29. The number of hydrogen-bond acceptors (Lipinski definition) is 5. The van der Waals surface area contributed by atoms with Crippen LogP contribution in [0.1, 0.15) is 59.0 Å². The summed E-state index contributed by atoms with van der Waals surface area (Å²) < 4.78 is 0. The van der Waals surface area contributed by atoms with Gasteiger partial charge in [-0.05, 0) is 25.7 Å². The molecule has 1 N–H and O–H groups in total. The highest BCUT2D eigenvalue weighted by molar-refractivity contribution is 7.09. The van der Waals surface area contributed by atoms with Crippen LogP contribution in [0.5, 0.6) is 0 Å². The van der Waals surface area contributed by atoms with Gasteiger partial charge in [-0.15, -0.1) is 11.3 Å². The number of carbonyl (C=O) groups excluding carboxylic acids is 1. The maximum atomic E-state index is 12.8. The molecule has 1 saturated heterocycles. The highest BCUT2D eigenvalue weighted by atomic mass is 32.1. The zero-order valence-corrected chi connectivity index (χ0v) is 12.8. The number of nitrogens with one attached hydrogen (secondary N) is 1. The summed E-state index contributed by atoms with van der Waals surface area (Å²) in [5, 5.41) is 2.88. The fourth-order valence-corrected chi connectivity index (χ4v) is 3.73. The third-order valence-corrected chi connectivity index (χ3v) is 5.07. The SMILES string of the molecule is O=C(c1cc(=O)[nH]c(C2CC2)n1)N1CCCC1c1nccs1. The number of amides is 1. The highest BCUT2D eigenvalue weighted by Crippen LogP contribution is 2.38. The quantitative estimate of drug-likeness (QED) is 0.940. The number of nitrogens with zero attached hydrogens (tertiary/aromatic N) is 3. The van der Waals surface area contributed by atoms with Gasteiger partial charge in [0.15, 0.2) is 0 Å². The number of hydrogen-bond donors (Lipinski definition) is 1. The summed E-state index contributed by atoms with van der Waals surface area (Å²) in [6, 6.07) is 1.32. The Labute approximate surface area is 131 Å². The number of rotatable bonds is 3. The Bertz CT molecular complexity index is 751. The van der Waals surface area contributed by atoms with Crippen LogP contribution in [0.2, 0.25) is 0 Å². The molecule has 2 aromatic rings. The molecule has 0 spiro atoms. The predicted octanol–water partition coefficient (Wildman–Crippen LogP) is 2.08. The third kappa shape index (κ3) is 2.45. The number of aromatic nitrogens is 3. The van der Waals surface area contributed by atoms with Crippen LogP contribution in [0.25, 0.3) is 0 Å². The fraction of sp³-hybridized carbons (Fsp3) is 0.467. The van der Waals surface area contributed by atoms with E-state index in [-0.39, 0.29) is 23.2 Å². The van der Waals surface area contributed by atoms with E-state index in [1.54, 1.807) is 22.4 Å². The van der Waals surface area contributed by atoms with E-state index in [1.165, 1.54) is 6.07 Å². The second-order valence-corrected chi connectivity index (χ2v) is 6.74. The van der Waals surface area contributed by atoms with E-state index in [0.29, 0.717) is 18.3 Å². The second-order valence-electron chi connectivity index (χ2n) is 5.82. The normalized spacial score (nSPS) is 21.3. The van der Waals surface area contributed by atoms with Crippen LogP contribution in [0, 0.1) is 0 Å². The topological polar surface area (TPSA) is 79.0 Å². The first-order valence-corrected chi connectivity index (χ1v) is 8.42. The van der Waals surface area contributed by atoms with Crippen LogP contribution in [0.3, 0.4) is 0 Å². The van der Waals surface area contributed by atoms with Crippen molar-refractivity contribution < 1.29 is 4.79 Å². The average Bonchev–Trinajstić information content (AvgIpc) is 3.01. The Morgan fingerprint density at radius 2 is 2.23 bits per heavy atom. The smallest absolute Gasteiger partial charge is 0.273 e. The maximum Gasteiger partial charge on any atom is 0.273 e. The molecule has 1 amide bonds. The van der Waals surface area contributed by atoms with Gasteiger partial charge in [0.2, 0.25) is 0 Å². The van der Waals surface area contributed by atoms with Gasteiger partial charge < -0.3 is 9.88 Å². The molecule has 6 nitrogen and oxygen atoms in total. The summed E-state index contributed by atoms with van der Waals surface area (Å²) in [6.45, 7) is 0.691. The van der Waals surface area contributed by atoms with E-state index < -0.39 is 0 Å². The van der Waals surface area contributed by atoms with Gasteiger partial charge in [-0.1, -0.05) is 0 Å². The van der Waals surface area contributed by atoms with E-state index in [0.717, 1.165) is 30.7 Å². The lowest BCUT2D eigenvalue weighted by molar-refractivity contribution is 0.0728. The van der Waals surface area contributed by atoms with Crippen molar-refractivity contribution in [2.24, 2.45) is 0 Å². The molecule has 0 radical (unpaired) electrons. The van der Waals surface area contributed by atoms with Gasteiger partial charge in [0.1, 0.15) is 16.5 Å². The molecule has 2 aliphatic rings. The van der Waals surface area contributed by atoms with Gasteiger partial charge in [-0.25, -0.2) is 9.97 Å². The molecule has 0 bridgehead atoms. The zero-order chi connectivity index (χ0) is 15.1. The van der Waals surface area contributed by atoms with Crippen molar-refractivity contribution >= 4 is 17.2 Å². The molecule has 3 heterocycles. The largest absolute Gasteiger partial charge is 0.328 e. The Hall–Kier alpha value is -2.02. The van der Waals surface area contributed by atoms with Crippen LogP contribution < -0.4 is 5.56 Å². The molecule has 22 heavy (non-hydrogen) atoms. The molecule has 2 aromatic heterocycles. The molecule has 1 aliphatic carbocycles. The molecule has 1 atom stereocenters. The molecule has 7 heteroatoms. The lowest BCUT2D eigenvalue weighted by Crippen LogP contribution is -2.32. The van der Waals surface area contributed by atoms with Gasteiger partial charge in [-0.2, -0.15) is 0 Å². The fourth-order valence-electron chi connectivity index (χ4n) is 2.95. The predicted molar refractivity (Wildman–Crippen MR) is 82.0 cm³/mol. The molecule has 114 valence electrons. The minimum absolute atomic E-state index is 0.0120. The summed E-state index contributed by atoms with van der Waals surface area (Å²) in [5.74, 6) is 0.806. The van der Waals surface area contributed by atoms with Gasteiger partial charge >= 0.3 is 0 Å². The molecule has 1 aliphatic heterocycles. The number of H-pyrrole nitrogens is 1. The molecule has 1 unspecified atom stereocenters. The van der Waals surface area contributed by atoms with Crippen molar-refractivity contribution in [1.29, 1.82) is 0 Å². The van der Waals surface area contributed by atoms with Crippen LogP contribution in [0.4, 0.5) is 0 Å². The molecule has 2 fully saturated rings. The lowest BCUT2D eigenvalue weighted by Gasteiger charge is -2.22. The van der Waals surface area contributed by atoms with Crippen LogP contribution in [-0.2, 0) is 0 Å². The van der Waals surface area contributed by atoms with Crippen molar-refractivity contribution in [1.82, 2.24) is 19.9 Å². The van der Waals surface area contributed by atoms with Gasteiger partial charge in [0.05, 0.1) is 6.04 Å². The van der Waals surface area contributed by atoms with E-state index >= 15 is 0 Å². The average molecular weight is 316 g/mol. The number of carbonyl (C=O) groups is 1. The molecule has 4 rings (SSSR count). The van der Waals surface area contributed by atoms with Crippen LogP contribution in [-0.4, -0.2) is 32.3 Å². The molecular formula is C15H16N4O2S. The van der Waals surface area contributed by atoms with E-state index in [1.807, 2.05) is 5.38 Å². The first-order valence-electron chi connectivity index (χ1n) is 7.54. The Balaban J connectivity index is 1.65. The molecule has 0 aromatic carbocycles. The molecule has 1 saturated carbocycles. The number of aromatic amines is 1. The van der Waals surface area contributed by atoms with Gasteiger partial charge in [0.25, 0.3) is 11.5 Å². The maximum absolute atomic E-state index is 12.8. The zero-order valence-electron chi connectivity index (χ0n) is 12.0. The Morgan fingerprint density at radius 3 is 2.95 bits per heavy atom. The molecular weight excluding hydrogens is 300 g/mol. The second kappa shape index (κ2) is 5.31. The number of thiazole rings is 1. The monoisotopic (exact) mass is 316 g/mol. The van der Waals surface area contributed by atoms with Gasteiger partial charge in [0, 0.05) is 30.1 Å². The van der Waals surface area contributed by atoms with Crippen molar-refractivity contribution in [2.45, 2.75) is 37.6 Å². The van der Waals surface area contributed by atoms with E-state index in [2.05, 4.69) is 15.0 Å². The van der Waals surface area contributed by atoms with E-state index in [4.69, 9.17) is 0 Å². The number of likely N-dealkylation sites (tertiary alicyclic amines) is 1.